The van der Waals surface area contributed by atoms with Gasteiger partial charge in [0.25, 0.3) is 5.56 Å². The molecule has 1 saturated heterocycles. The zero-order chi connectivity index (χ0) is 14.1. The summed E-state index contributed by atoms with van der Waals surface area (Å²) in [6.45, 7) is 2.97. The van der Waals surface area contributed by atoms with Crippen molar-refractivity contribution in [3.63, 3.8) is 0 Å². The Balaban J connectivity index is 1.83. The lowest BCUT2D eigenvalue weighted by atomic mass is 10.2. The van der Waals surface area contributed by atoms with Crippen LogP contribution in [0.2, 0.25) is 5.02 Å². The van der Waals surface area contributed by atoms with E-state index in [2.05, 4.69) is 15.3 Å². The summed E-state index contributed by atoms with van der Waals surface area (Å²) in [5, 5.41) is 7.92. The summed E-state index contributed by atoms with van der Waals surface area (Å²) < 4.78 is 1.29. The van der Waals surface area contributed by atoms with Crippen LogP contribution < -0.4 is 15.8 Å². The van der Waals surface area contributed by atoms with Crippen molar-refractivity contribution in [2.24, 2.45) is 13.0 Å². The fraction of sp³-hybridized carbons (Fsp3) is 0.714. The van der Waals surface area contributed by atoms with Gasteiger partial charge in [0.2, 0.25) is 0 Å². The van der Waals surface area contributed by atoms with Gasteiger partial charge in [0, 0.05) is 26.2 Å². The number of aromatic nitrogens is 2. The van der Waals surface area contributed by atoms with Crippen molar-refractivity contribution in [3.8, 4) is 0 Å². The first kappa shape index (κ1) is 13.9. The Morgan fingerprint density at radius 2 is 2.25 bits per heavy atom. The Labute approximate surface area is 123 Å². The van der Waals surface area contributed by atoms with Crippen molar-refractivity contribution in [3.05, 3.63) is 21.6 Å². The predicted octanol–water partition coefficient (Wildman–Crippen LogP) is 1.40. The van der Waals surface area contributed by atoms with Gasteiger partial charge in [0.1, 0.15) is 5.02 Å². The second kappa shape index (κ2) is 5.74. The molecular weight excluding hydrogens is 276 g/mol. The van der Waals surface area contributed by atoms with Crippen LogP contribution in [-0.2, 0) is 7.05 Å². The quantitative estimate of drug-likeness (QED) is 0.892. The van der Waals surface area contributed by atoms with Crippen molar-refractivity contribution >= 4 is 17.3 Å². The number of rotatable bonds is 5. The third kappa shape index (κ3) is 2.99. The smallest absolute Gasteiger partial charge is 0.287 e. The Morgan fingerprint density at radius 1 is 1.45 bits per heavy atom. The van der Waals surface area contributed by atoms with Crippen LogP contribution in [0.1, 0.15) is 25.7 Å². The molecule has 2 fully saturated rings. The zero-order valence-electron chi connectivity index (χ0n) is 11.8. The van der Waals surface area contributed by atoms with Crippen LogP contribution >= 0.6 is 11.6 Å². The first-order chi connectivity index (χ1) is 9.65. The summed E-state index contributed by atoms with van der Waals surface area (Å²) in [6.07, 6.45) is 6.71. The van der Waals surface area contributed by atoms with Gasteiger partial charge in [-0.1, -0.05) is 11.6 Å². The number of nitrogens with zero attached hydrogens (tertiary/aromatic N) is 3. The first-order valence-corrected chi connectivity index (χ1v) is 7.73. The summed E-state index contributed by atoms with van der Waals surface area (Å²) in [7, 11) is 1.63. The Morgan fingerprint density at radius 3 is 2.90 bits per heavy atom. The molecule has 6 heteroatoms. The molecule has 3 rings (SSSR count). The predicted molar refractivity (Wildman–Crippen MR) is 80.4 cm³/mol. The largest absolute Gasteiger partial charge is 0.367 e. The van der Waals surface area contributed by atoms with Gasteiger partial charge in [-0.15, -0.1) is 0 Å². The molecule has 0 bridgehead atoms. The second-order valence-corrected chi connectivity index (χ2v) is 6.29. The monoisotopic (exact) mass is 296 g/mol. The van der Waals surface area contributed by atoms with E-state index >= 15 is 0 Å². The van der Waals surface area contributed by atoms with Gasteiger partial charge < -0.3 is 10.2 Å². The van der Waals surface area contributed by atoms with E-state index in [1.54, 1.807) is 13.2 Å². The average molecular weight is 297 g/mol. The maximum atomic E-state index is 12.0. The van der Waals surface area contributed by atoms with Crippen LogP contribution in [0.5, 0.6) is 0 Å². The molecule has 20 heavy (non-hydrogen) atoms. The Bertz CT molecular complexity index is 534. The minimum atomic E-state index is -0.218. The molecule has 1 saturated carbocycles. The zero-order valence-corrected chi connectivity index (χ0v) is 12.6. The highest BCUT2D eigenvalue weighted by molar-refractivity contribution is 6.33. The van der Waals surface area contributed by atoms with Gasteiger partial charge in [0.15, 0.2) is 0 Å². The highest BCUT2D eigenvalue weighted by Gasteiger charge is 2.28. The first-order valence-electron chi connectivity index (χ1n) is 7.35. The molecule has 0 amide bonds. The molecule has 2 aliphatic rings. The second-order valence-electron chi connectivity index (χ2n) is 5.91. The van der Waals surface area contributed by atoms with E-state index in [0.29, 0.717) is 11.1 Å². The molecule has 1 aliphatic carbocycles. The topological polar surface area (TPSA) is 50.2 Å². The minimum absolute atomic E-state index is 0.218. The molecule has 5 nitrogen and oxygen atoms in total. The fourth-order valence-electron chi connectivity index (χ4n) is 2.78. The number of nitrogens with one attached hydrogen (secondary N) is 1. The molecule has 1 atom stereocenters. The lowest BCUT2D eigenvalue weighted by Gasteiger charge is -2.28. The average Bonchev–Trinajstić information content (AvgIpc) is 3.09. The molecular formula is C14H21ClN4O. The Hall–Kier alpha value is -1.07. The number of hydrogen-bond donors (Lipinski definition) is 1. The van der Waals surface area contributed by atoms with E-state index in [9.17, 15) is 4.79 Å². The van der Waals surface area contributed by atoms with Crippen molar-refractivity contribution in [2.75, 3.05) is 24.5 Å². The van der Waals surface area contributed by atoms with Crippen LogP contribution in [0.15, 0.2) is 11.0 Å². The molecule has 1 N–H and O–H groups in total. The van der Waals surface area contributed by atoms with Gasteiger partial charge in [0.05, 0.1) is 11.9 Å². The van der Waals surface area contributed by atoms with Crippen molar-refractivity contribution in [1.82, 2.24) is 15.1 Å². The highest BCUT2D eigenvalue weighted by Crippen LogP contribution is 2.33. The van der Waals surface area contributed by atoms with Crippen LogP contribution in [0.25, 0.3) is 0 Å². The van der Waals surface area contributed by atoms with Gasteiger partial charge in [-0.25, -0.2) is 4.68 Å². The maximum absolute atomic E-state index is 12.0. The Kier molecular flexibility index (Phi) is 3.98. The number of anilines is 1. The van der Waals surface area contributed by atoms with E-state index in [4.69, 9.17) is 11.6 Å². The van der Waals surface area contributed by atoms with E-state index in [1.807, 2.05) is 0 Å². The molecule has 1 aliphatic heterocycles. The number of hydrogen-bond acceptors (Lipinski definition) is 4. The van der Waals surface area contributed by atoms with Gasteiger partial charge in [-0.05, 0) is 38.1 Å². The third-order valence-corrected chi connectivity index (χ3v) is 4.53. The van der Waals surface area contributed by atoms with Crippen molar-refractivity contribution < 1.29 is 0 Å². The van der Waals surface area contributed by atoms with E-state index in [0.717, 1.165) is 31.2 Å². The van der Waals surface area contributed by atoms with Gasteiger partial charge in [-0.3, -0.25) is 4.79 Å². The molecule has 1 unspecified atom stereocenters. The van der Waals surface area contributed by atoms with Crippen LogP contribution in [0.4, 0.5) is 5.69 Å². The SMILES string of the molecule is Cn1ncc(N(CC2CC2)CC2CCCN2)c(Cl)c1=O. The third-order valence-electron chi connectivity index (χ3n) is 4.18. The standard InChI is InChI=1S/C14H21ClN4O/c1-18-14(20)13(15)12(7-17-18)19(8-10-4-5-10)9-11-3-2-6-16-11/h7,10-11,16H,2-6,8-9H2,1H3. The molecule has 0 radical (unpaired) electrons. The van der Waals surface area contributed by atoms with Crippen LogP contribution in [-0.4, -0.2) is 35.5 Å². The number of halogens is 1. The lowest BCUT2D eigenvalue weighted by molar-refractivity contribution is 0.568. The van der Waals surface area contributed by atoms with Gasteiger partial charge in [-0.2, -0.15) is 5.10 Å². The normalized spacial score (nSPS) is 22.2. The minimum Gasteiger partial charge on any atom is -0.367 e. The van der Waals surface area contributed by atoms with Crippen molar-refractivity contribution in [2.45, 2.75) is 31.7 Å². The number of aryl methyl sites for hydroxylation is 1. The van der Waals surface area contributed by atoms with E-state index in [1.165, 1.54) is 30.4 Å². The van der Waals surface area contributed by atoms with Gasteiger partial charge >= 0.3 is 0 Å². The molecule has 1 aromatic heterocycles. The maximum Gasteiger partial charge on any atom is 0.287 e. The summed E-state index contributed by atoms with van der Waals surface area (Å²) in [5.41, 5.74) is 0.569. The molecule has 0 aromatic carbocycles. The summed E-state index contributed by atoms with van der Waals surface area (Å²) >= 11 is 6.25. The fourth-order valence-corrected chi connectivity index (χ4v) is 3.08. The molecule has 2 heterocycles. The summed E-state index contributed by atoms with van der Waals surface area (Å²) in [5.74, 6) is 0.747. The van der Waals surface area contributed by atoms with E-state index < -0.39 is 0 Å². The molecule has 110 valence electrons. The molecule has 1 aromatic rings. The summed E-state index contributed by atoms with van der Waals surface area (Å²) in [4.78, 5) is 14.2. The highest BCUT2D eigenvalue weighted by atomic mass is 35.5. The van der Waals surface area contributed by atoms with Crippen LogP contribution in [0, 0.1) is 5.92 Å². The van der Waals surface area contributed by atoms with Crippen LogP contribution in [0.3, 0.4) is 0 Å². The van der Waals surface area contributed by atoms with Crippen molar-refractivity contribution in [1.29, 1.82) is 0 Å². The summed E-state index contributed by atoms with van der Waals surface area (Å²) in [6, 6.07) is 0.494. The lowest BCUT2D eigenvalue weighted by Crippen LogP contribution is -2.39. The molecule has 0 spiro atoms. The van der Waals surface area contributed by atoms with E-state index in [-0.39, 0.29) is 5.56 Å².